The number of allylic oxidation sites excluding steroid dienone is 2. The van der Waals surface area contributed by atoms with Crippen molar-refractivity contribution in [1.82, 2.24) is 19.3 Å². The second kappa shape index (κ2) is 15.2. The smallest absolute Gasteiger partial charge is 0.137 e. The van der Waals surface area contributed by atoms with Crippen molar-refractivity contribution >= 4 is 21.8 Å². The topological polar surface area (TPSA) is 44.9 Å². The van der Waals surface area contributed by atoms with Gasteiger partial charge in [-0.2, -0.15) is 5.10 Å². The van der Waals surface area contributed by atoms with Crippen molar-refractivity contribution in [3.63, 3.8) is 0 Å². The highest BCUT2D eigenvalue weighted by molar-refractivity contribution is 6.09. The molecule has 7 rings (SSSR count). The zero-order chi connectivity index (χ0) is 38.4. The van der Waals surface area contributed by atoms with Crippen molar-refractivity contribution in [3.8, 4) is 23.0 Å². The van der Waals surface area contributed by atoms with Crippen LogP contribution in [0, 0.1) is 43.4 Å². The molecule has 0 saturated carbocycles. The van der Waals surface area contributed by atoms with E-state index < -0.39 is 0 Å². The van der Waals surface area contributed by atoms with Gasteiger partial charge in [-0.05, 0) is 116 Å². The Bertz CT molecular complexity index is 2320. The summed E-state index contributed by atoms with van der Waals surface area (Å²) in [6.45, 7) is 25.6. The average molecular weight is 721 g/mol. The summed E-state index contributed by atoms with van der Waals surface area (Å²) < 4.78 is 11.3. The Labute approximate surface area is 323 Å². The second-order valence-electron chi connectivity index (χ2n) is 17.2. The third kappa shape index (κ3) is 7.03. The van der Waals surface area contributed by atoms with Gasteiger partial charge < -0.3 is 4.74 Å². The summed E-state index contributed by atoms with van der Waals surface area (Å²) in [5.74, 6) is 6.13. The van der Waals surface area contributed by atoms with Gasteiger partial charge in [-0.3, -0.25) is 4.57 Å². The number of ether oxygens (including phenoxy) is 1. The molecule has 54 heavy (non-hydrogen) atoms. The van der Waals surface area contributed by atoms with Crippen molar-refractivity contribution in [2.75, 3.05) is 0 Å². The minimum atomic E-state index is 0.322. The van der Waals surface area contributed by atoms with Gasteiger partial charge in [-0.15, -0.1) is 0 Å². The van der Waals surface area contributed by atoms with Crippen LogP contribution in [0.25, 0.3) is 33.3 Å². The van der Waals surface area contributed by atoms with Crippen LogP contribution >= 0.6 is 0 Å². The van der Waals surface area contributed by atoms with Crippen LogP contribution < -0.4 is 4.74 Å². The molecular weight excluding hydrogens is 661 g/mol. The fraction of sp³-hybridized carbons (Fsp3) is 0.429. The fourth-order valence-corrected chi connectivity index (χ4v) is 9.07. The SMILES string of the molecule is CCCc1ccnc(-n2c3ccccc3c3ccc(Oc4cc(C(C)C)cc(-n5nc(C)c([C@H]6C(C(C)C)=C[C@H](C(C)C)CC6C(C)C)c5C)c4)cc32)c1. The number of hydrogen-bond acceptors (Lipinski definition) is 3. The van der Waals surface area contributed by atoms with E-state index in [1.807, 2.05) is 6.20 Å². The lowest BCUT2D eigenvalue weighted by atomic mass is 9.63. The molecule has 0 N–H and O–H groups in total. The highest BCUT2D eigenvalue weighted by Crippen LogP contribution is 2.50. The zero-order valence-corrected chi connectivity index (χ0v) is 34.4. The number of rotatable bonds is 11. The molecule has 0 amide bonds. The molecule has 0 radical (unpaired) electrons. The van der Waals surface area contributed by atoms with Crippen LogP contribution in [0.5, 0.6) is 11.5 Å². The van der Waals surface area contributed by atoms with Crippen LogP contribution in [0.3, 0.4) is 0 Å². The van der Waals surface area contributed by atoms with Crippen molar-refractivity contribution in [1.29, 1.82) is 0 Å². The van der Waals surface area contributed by atoms with E-state index >= 15 is 0 Å². The summed E-state index contributed by atoms with van der Waals surface area (Å²) in [5.41, 5.74) is 11.1. The lowest BCUT2D eigenvalue weighted by Gasteiger charge is -2.41. The number of fused-ring (bicyclic) bond motifs is 3. The second-order valence-corrected chi connectivity index (χ2v) is 17.2. The molecule has 3 atom stereocenters. The van der Waals surface area contributed by atoms with Gasteiger partial charge in [0.15, 0.2) is 0 Å². The number of aromatic nitrogens is 4. The van der Waals surface area contributed by atoms with Crippen LogP contribution in [-0.4, -0.2) is 19.3 Å². The first kappa shape index (κ1) is 37.7. The van der Waals surface area contributed by atoms with Gasteiger partial charge in [-0.25, -0.2) is 9.67 Å². The number of aryl methyl sites for hydroxylation is 2. The van der Waals surface area contributed by atoms with Gasteiger partial charge in [0.1, 0.15) is 17.3 Å². The first-order valence-corrected chi connectivity index (χ1v) is 20.5. The van der Waals surface area contributed by atoms with Crippen molar-refractivity contribution in [3.05, 3.63) is 119 Å². The fourth-order valence-electron chi connectivity index (χ4n) is 9.07. The number of pyridine rings is 1. The molecule has 0 bridgehead atoms. The Hall–Kier alpha value is -4.64. The highest BCUT2D eigenvalue weighted by atomic mass is 16.5. The number of benzene rings is 3. The quantitative estimate of drug-likeness (QED) is 0.125. The summed E-state index contributed by atoms with van der Waals surface area (Å²) in [7, 11) is 0. The van der Waals surface area contributed by atoms with E-state index in [1.54, 1.807) is 5.57 Å². The molecule has 3 heterocycles. The predicted octanol–water partition coefficient (Wildman–Crippen LogP) is 13.5. The van der Waals surface area contributed by atoms with Crippen LogP contribution in [0.2, 0.25) is 0 Å². The van der Waals surface area contributed by atoms with Gasteiger partial charge in [0.05, 0.1) is 22.4 Å². The van der Waals surface area contributed by atoms with Crippen LogP contribution in [0.1, 0.15) is 115 Å². The Balaban J connectivity index is 1.31. The third-order valence-electron chi connectivity index (χ3n) is 12.1. The predicted molar refractivity (Wildman–Crippen MR) is 227 cm³/mol. The number of para-hydroxylation sites is 1. The van der Waals surface area contributed by atoms with E-state index in [-0.39, 0.29) is 0 Å². The van der Waals surface area contributed by atoms with Gasteiger partial charge in [0, 0.05) is 46.3 Å². The van der Waals surface area contributed by atoms with E-state index in [1.165, 1.54) is 39.6 Å². The van der Waals surface area contributed by atoms with E-state index in [9.17, 15) is 0 Å². The van der Waals surface area contributed by atoms with Gasteiger partial charge in [0.25, 0.3) is 0 Å². The molecular formula is C49H60N4O. The Morgan fingerprint density at radius 1 is 0.778 bits per heavy atom. The van der Waals surface area contributed by atoms with Crippen molar-refractivity contribution in [2.24, 2.45) is 29.6 Å². The van der Waals surface area contributed by atoms with Gasteiger partial charge in [0.2, 0.25) is 0 Å². The summed E-state index contributed by atoms with van der Waals surface area (Å²) >= 11 is 0. The summed E-state index contributed by atoms with van der Waals surface area (Å²) in [6.07, 6.45) is 7.92. The summed E-state index contributed by atoms with van der Waals surface area (Å²) in [4.78, 5) is 4.85. The molecule has 0 fully saturated rings. The van der Waals surface area contributed by atoms with E-state index in [0.717, 1.165) is 52.6 Å². The van der Waals surface area contributed by atoms with E-state index in [0.29, 0.717) is 41.4 Å². The first-order chi connectivity index (χ1) is 25.9. The maximum atomic E-state index is 6.83. The largest absolute Gasteiger partial charge is 0.457 e. The highest BCUT2D eigenvalue weighted by Gasteiger charge is 2.39. The Morgan fingerprint density at radius 2 is 1.54 bits per heavy atom. The minimum Gasteiger partial charge on any atom is -0.457 e. The zero-order valence-electron chi connectivity index (χ0n) is 34.4. The molecule has 0 aliphatic heterocycles. The molecule has 0 saturated heterocycles. The van der Waals surface area contributed by atoms with E-state index in [4.69, 9.17) is 14.8 Å². The van der Waals surface area contributed by atoms with Crippen molar-refractivity contribution in [2.45, 2.75) is 107 Å². The summed E-state index contributed by atoms with van der Waals surface area (Å²) in [6, 6.07) is 26.1. The van der Waals surface area contributed by atoms with E-state index in [2.05, 4.69) is 164 Å². The average Bonchev–Trinajstić information content (AvgIpc) is 3.63. The molecule has 1 unspecified atom stereocenters. The molecule has 1 aliphatic rings. The van der Waals surface area contributed by atoms with Gasteiger partial charge >= 0.3 is 0 Å². The molecule has 0 spiro atoms. The lowest BCUT2D eigenvalue weighted by molar-refractivity contribution is 0.232. The summed E-state index contributed by atoms with van der Waals surface area (Å²) in [5, 5.41) is 7.69. The molecule has 6 aromatic rings. The Morgan fingerprint density at radius 3 is 2.24 bits per heavy atom. The molecule has 1 aliphatic carbocycles. The van der Waals surface area contributed by atoms with Crippen LogP contribution in [0.15, 0.2) is 90.6 Å². The lowest BCUT2D eigenvalue weighted by Crippen LogP contribution is -2.31. The molecule has 282 valence electrons. The maximum Gasteiger partial charge on any atom is 0.137 e. The van der Waals surface area contributed by atoms with Gasteiger partial charge in [-0.1, -0.05) is 98.6 Å². The number of nitrogens with zero attached hydrogens (tertiary/aromatic N) is 4. The van der Waals surface area contributed by atoms with Crippen molar-refractivity contribution < 1.29 is 4.74 Å². The standard InChI is InChI=1S/C49H60N4O/c1-12-15-35-20-21-50-47(22-35)52-45-17-14-13-16-41(45)42-19-18-39(28-46(42)52)54-40-24-36(29(2)3)23-38(27-40)53-34(11)48(33(10)51-53)49-43(31(6)7)25-37(30(4)5)26-44(49)32(8)9/h13-14,16-25,27-32,37,44,49H,12,15,26H2,1-11H3/t37-,44?,49-/m0/s1. The monoisotopic (exact) mass is 720 g/mol. The third-order valence-corrected chi connectivity index (χ3v) is 12.1. The normalized spacial score (nSPS) is 17.8. The molecule has 3 aromatic carbocycles. The molecule has 5 nitrogen and oxygen atoms in total. The first-order valence-electron chi connectivity index (χ1n) is 20.5. The molecule has 3 aromatic heterocycles. The molecule has 5 heteroatoms. The van der Waals surface area contributed by atoms with Crippen LogP contribution in [-0.2, 0) is 6.42 Å². The Kier molecular flexibility index (Phi) is 10.6. The number of hydrogen-bond donors (Lipinski definition) is 0. The van der Waals surface area contributed by atoms with Crippen LogP contribution in [0.4, 0.5) is 0 Å². The maximum absolute atomic E-state index is 6.83. The minimum absolute atomic E-state index is 0.322.